The molecule has 0 bridgehead atoms. The van der Waals surface area contributed by atoms with E-state index < -0.39 is 36.0 Å². The molecule has 326 valence electrons. The number of nitrogens with zero attached hydrogens (tertiary/aromatic N) is 5. The van der Waals surface area contributed by atoms with E-state index in [1.54, 1.807) is 38.1 Å². The minimum absolute atomic E-state index is 0.0927. The van der Waals surface area contributed by atoms with Gasteiger partial charge in [0.25, 0.3) is 11.8 Å². The van der Waals surface area contributed by atoms with Crippen LogP contribution in [0.25, 0.3) is 16.7 Å². The van der Waals surface area contributed by atoms with Crippen molar-refractivity contribution >= 4 is 52.3 Å². The number of urea groups is 1. The monoisotopic (exact) mass is 844 g/mol. The summed E-state index contributed by atoms with van der Waals surface area (Å²) in [6.07, 6.45) is 7.92. The van der Waals surface area contributed by atoms with E-state index >= 15 is 0 Å². The van der Waals surface area contributed by atoms with E-state index in [1.165, 1.54) is 0 Å². The molecule has 4 heterocycles. The molecule has 15 heteroatoms. The van der Waals surface area contributed by atoms with Crippen LogP contribution in [0.2, 0.25) is 0 Å². The van der Waals surface area contributed by atoms with Gasteiger partial charge in [0.15, 0.2) is 12.5 Å². The van der Waals surface area contributed by atoms with E-state index in [9.17, 15) is 24.0 Å². The van der Waals surface area contributed by atoms with E-state index in [2.05, 4.69) is 52.7 Å². The Bertz CT molecular complexity index is 2460. The predicted molar refractivity (Wildman–Crippen MR) is 235 cm³/mol. The first-order chi connectivity index (χ1) is 29.6. The molecule has 0 radical (unpaired) electrons. The van der Waals surface area contributed by atoms with E-state index in [-0.39, 0.29) is 30.2 Å². The zero-order valence-electron chi connectivity index (χ0n) is 36.4. The number of aryl methyl sites for hydroxylation is 1. The van der Waals surface area contributed by atoms with E-state index in [0.717, 1.165) is 82.7 Å². The molecule has 7 rings (SSSR count). The molecule has 5 amide bonds. The third-order valence-electron chi connectivity index (χ3n) is 11.3. The van der Waals surface area contributed by atoms with Gasteiger partial charge in [-0.1, -0.05) is 52.2 Å². The van der Waals surface area contributed by atoms with Crippen LogP contribution >= 0.6 is 0 Å². The second-order valence-electron chi connectivity index (χ2n) is 18.1. The molecular formula is C47H56N8O7. The molecule has 2 aliphatic rings. The van der Waals surface area contributed by atoms with Crippen LogP contribution in [0.4, 0.5) is 16.3 Å². The summed E-state index contributed by atoms with van der Waals surface area (Å²) in [7, 11) is 0. The molecule has 1 unspecified atom stereocenters. The number of unbranched alkanes of at least 4 members (excludes halogenated alkanes) is 4. The number of carbonyl (C=O) groups excluding carboxylic acids is 5. The Hall–Kier alpha value is -6.51. The van der Waals surface area contributed by atoms with Gasteiger partial charge in [0, 0.05) is 53.1 Å². The van der Waals surface area contributed by atoms with Crippen molar-refractivity contribution in [3.63, 3.8) is 0 Å². The largest absolute Gasteiger partial charge is 0.494 e. The van der Waals surface area contributed by atoms with Crippen molar-refractivity contribution in [1.29, 1.82) is 0 Å². The van der Waals surface area contributed by atoms with Gasteiger partial charge >= 0.3 is 12.0 Å². The summed E-state index contributed by atoms with van der Waals surface area (Å²) in [5, 5.41) is 12.8. The van der Waals surface area contributed by atoms with Crippen molar-refractivity contribution in [1.82, 2.24) is 29.5 Å². The first-order valence-electron chi connectivity index (χ1n) is 21.3. The van der Waals surface area contributed by atoms with Gasteiger partial charge in [-0.2, -0.15) is 5.10 Å². The number of nitrogens with one attached hydrogen (secondary N) is 3. The number of likely N-dealkylation sites (tertiary alicyclic amines) is 1. The SMILES string of the molecule is CC(C)(C)C(=O)OCN1C(=O)CCC(N2Cc3c(CCCCCCCOc4ccc5c(c4)ncn5-c4ccc(NC(=O)Nc5cc(C(C)(C)C)[nH]n5)cc4)cccc3C2=O)C1=O. The maximum atomic E-state index is 13.5. The van der Waals surface area contributed by atoms with Crippen LogP contribution in [0.5, 0.6) is 5.75 Å². The average molecular weight is 845 g/mol. The zero-order chi connectivity index (χ0) is 44.2. The van der Waals surface area contributed by atoms with Crippen molar-refractivity contribution in [3.8, 4) is 11.4 Å². The maximum Gasteiger partial charge on any atom is 0.324 e. The molecule has 1 fully saturated rings. The lowest BCUT2D eigenvalue weighted by Gasteiger charge is -2.35. The molecule has 1 saturated heterocycles. The molecule has 5 aromatic rings. The number of H-pyrrole nitrogens is 1. The zero-order valence-corrected chi connectivity index (χ0v) is 36.4. The lowest BCUT2D eigenvalue weighted by atomic mass is 9.92. The Balaban J connectivity index is 0.825. The number of piperidine rings is 1. The molecule has 62 heavy (non-hydrogen) atoms. The summed E-state index contributed by atoms with van der Waals surface area (Å²) < 4.78 is 13.4. The normalized spacial score (nSPS) is 15.6. The minimum atomic E-state index is -0.790. The molecule has 1 atom stereocenters. The minimum Gasteiger partial charge on any atom is -0.494 e. The number of fused-ring (bicyclic) bond motifs is 2. The van der Waals surface area contributed by atoms with Gasteiger partial charge in [-0.25, -0.2) is 14.7 Å². The molecule has 0 spiro atoms. The van der Waals surface area contributed by atoms with Crippen LogP contribution in [-0.4, -0.2) is 78.6 Å². The van der Waals surface area contributed by atoms with Crippen LogP contribution in [0.15, 0.2) is 73.1 Å². The second kappa shape index (κ2) is 18.2. The van der Waals surface area contributed by atoms with Crippen LogP contribution in [-0.2, 0) is 37.5 Å². The highest BCUT2D eigenvalue weighted by Crippen LogP contribution is 2.32. The number of rotatable bonds is 15. The molecule has 15 nitrogen and oxygen atoms in total. The number of anilines is 2. The van der Waals surface area contributed by atoms with Crippen molar-refractivity contribution in [2.45, 2.75) is 111 Å². The van der Waals surface area contributed by atoms with Gasteiger partial charge in [0.05, 0.1) is 23.1 Å². The third kappa shape index (κ3) is 9.98. The molecule has 3 N–H and O–H groups in total. The van der Waals surface area contributed by atoms with Gasteiger partial charge < -0.3 is 19.7 Å². The molecule has 3 aromatic carbocycles. The Kier molecular flexibility index (Phi) is 12.8. The summed E-state index contributed by atoms with van der Waals surface area (Å²) >= 11 is 0. The first kappa shape index (κ1) is 43.6. The van der Waals surface area contributed by atoms with Gasteiger partial charge in [-0.3, -0.25) is 34.2 Å². The number of amides is 5. The Morgan fingerprint density at radius 3 is 2.39 bits per heavy atom. The number of benzene rings is 3. The predicted octanol–water partition coefficient (Wildman–Crippen LogP) is 8.28. The molecule has 0 saturated carbocycles. The van der Waals surface area contributed by atoms with Crippen molar-refractivity contribution in [2.24, 2.45) is 5.41 Å². The number of esters is 1. The highest BCUT2D eigenvalue weighted by atomic mass is 16.5. The maximum absolute atomic E-state index is 13.5. The first-order valence-corrected chi connectivity index (χ1v) is 21.3. The molecule has 2 aliphatic heterocycles. The Morgan fingerprint density at radius 1 is 0.887 bits per heavy atom. The standard InChI is InChI=1S/C47H56N8O7/c1-46(2,3)39-26-40(52-51-39)50-45(60)49-31-16-18-32(19-17-31)54-28-48-36-25-33(20-21-37(36)54)61-24-11-9-7-8-10-13-30-14-12-15-34-35(30)27-53(42(34)57)38-22-23-41(56)55(43(38)58)29-62-44(59)47(4,5)6/h12,14-21,25-26,28,38H,7-11,13,22-24,27,29H2,1-6H3,(H3,49,50,51,52,60). The number of hydrogen-bond donors (Lipinski definition) is 3. The highest BCUT2D eigenvalue weighted by molar-refractivity contribution is 6.05. The molecule has 0 aliphatic carbocycles. The van der Waals surface area contributed by atoms with Crippen molar-refractivity contribution < 1.29 is 33.4 Å². The highest BCUT2D eigenvalue weighted by Gasteiger charge is 2.43. The number of hydrogen-bond acceptors (Lipinski definition) is 9. The lowest BCUT2D eigenvalue weighted by molar-refractivity contribution is -0.168. The van der Waals surface area contributed by atoms with Gasteiger partial charge in [0.2, 0.25) is 5.91 Å². The number of ether oxygens (including phenoxy) is 2. The smallest absolute Gasteiger partial charge is 0.324 e. The summed E-state index contributed by atoms with van der Waals surface area (Å²) in [5.74, 6) is -0.418. The number of imidazole rings is 1. The molecule has 2 aromatic heterocycles. The fraction of sp³-hybridized carbons (Fsp3) is 0.426. The molecular weight excluding hydrogens is 789 g/mol. The van der Waals surface area contributed by atoms with Gasteiger partial charge in [-0.05, 0) is 100 Å². The number of aromatic amines is 1. The summed E-state index contributed by atoms with van der Waals surface area (Å²) in [6.45, 7) is 11.8. The Labute approximate surface area is 361 Å². The summed E-state index contributed by atoms with van der Waals surface area (Å²) in [4.78, 5) is 71.6. The fourth-order valence-electron chi connectivity index (χ4n) is 7.67. The van der Waals surface area contributed by atoms with Crippen molar-refractivity contribution in [3.05, 3.63) is 95.4 Å². The number of imide groups is 1. The number of carbonyl (C=O) groups is 5. The van der Waals surface area contributed by atoms with Crippen LogP contribution in [0.3, 0.4) is 0 Å². The fourth-order valence-corrected chi connectivity index (χ4v) is 7.67. The third-order valence-corrected chi connectivity index (χ3v) is 11.3. The quantitative estimate of drug-likeness (QED) is 0.0531. The summed E-state index contributed by atoms with van der Waals surface area (Å²) in [5.41, 5.74) is 6.00. The van der Waals surface area contributed by atoms with E-state index in [4.69, 9.17) is 9.47 Å². The topological polar surface area (TPSA) is 181 Å². The van der Waals surface area contributed by atoms with Gasteiger partial charge in [0.1, 0.15) is 18.1 Å². The van der Waals surface area contributed by atoms with Crippen molar-refractivity contribution in [2.75, 3.05) is 24.0 Å². The second-order valence-corrected chi connectivity index (χ2v) is 18.1. The number of aromatic nitrogens is 4. The van der Waals surface area contributed by atoms with E-state index in [0.29, 0.717) is 30.2 Å². The summed E-state index contributed by atoms with van der Waals surface area (Å²) in [6, 6.07) is 19.8. The van der Waals surface area contributed by atoms with Crippen LogP contribution in [0.1, 0.15) is 114 Å². The lowest BCUT2D eigenvalue weighted by Crippen LogP contribution is -2.55. The van der Waals surface area contributed by atoms with Crippen LogP contribution in [0, 0.1) is 5.41 Å². The van der Waals surface area contributed by atoms with Crippen LogP contribution < -0.4 is 15.4 Å². The van der Waals surface area contributed by atoms with E-state index in [1.807, 2.05) is 59.2 Å². The Morgan fingerprint density at radius 2 is 1.65 bits per heavy atom. The van der Waals surface area contributed by atoms with Gasteiger partial charge in [-0.15, -0.1) is 0 Å². The average Bonchev–Trinajstić information content (AvgIpc) is 3.96.